The van der Waals surface area contributed by atoms with E-state index in [9.17, 15) is 13.2 Å². The standard InChI is InChI=1S/C25H32N2O3S/c1-31(29,30)26-25(28)16-19-7-9-21(10-8-19)18-27-13-11-20(12-14-27)15-23-17-24(23)22-5-3-2-4-6-22/h2-10,20,23-24H,11-18H2,1H3,(H,26,28)/t23-,24+/m1/s1. The predicted molar refractivity (Wildman–Crippen MR) is 123 cm³/mol. The highest BCUT2D eigenvalue weighted by Gasteiger charge is 2.39. The Morgan fingerprint density at radius 1 is 1.00 bits per heavy atom. The molecule has 6 heteroatoms. The maximum Gasteiger partial charge on any atom is 0.237 e. The summed E-state index contributed by atoms with van der Waals surface area (Å²) in [4.78, 5) is 14.3. The number of nitrogens with zero attached hydrogens (tertiary/aromatic N) is 1. The van der Waals surface area contributed by atoms with Gasteiger partial charge in [-0.15, -0.1) is 0 Å². The molecule has 31 heavy (non-hydrogen) atoms. The fourth-order valence-electron chi connectivity index (χ4n) is 4.87. The minimum atomic E-state index is -3.50. The summed E-state index contributed by atoms with van der Waals surface area (Å²) in [5, 5.41) is 0. The topological polar surface area (TPSA) is 66.5 Å². The highest BCUT2D eigenvalue weighted by atomic mass is 32.2. The van der Waals surface area contributed by atoms with Crippen molar-refractivity contribution < 1.29 is 13.2 Å². The fraction of sp³-hybridized carbons (Fsp3) is 0.480. The zero-order valence-electron chi connectivity index (χ0n) is 18.2. The first-order chi connectivity index (χ1) is 14.9. The predicted octanol–water partition coefficient (Wildman–Crippen LogP) is 3.71. The molecule has 2 aromatic rings. The summed E-state index contributed by atoms with van der Waals surface area (Å²) < 4.78 is 24.3. The molecule has 1 N–H and O–H groups in total. The molecule has 2 fully saturated rings. The average molecular weight is 441 g/mol. The van der Waals surface area contributed by atoms with Gasteiger partial charge in [-0.1, -0.05) is 54.6 Å². The van der Waals surface area contributed by atoms with E-state index in [1.54, 1.807) is 0 Å². The number of benzene rings is 2. The summed E-state index contributed by atoms with van der Waals surface area (Å²) in [5.41, 5.74) is 3.57. The lowest BCUT2D eigenvalue weighted by Gasteiger charge is -2.32. The van der Waals surface area contributed by atoms with Gasteiger partial charge in [-0.3, -0.25) is 14.4 Å². The summed E-state index contributed by atoms with van der Waals surface area (Å²) in [6.45, 7) is 3.22. The Labute approximate surface area is 185 Å². The van der Waals surface area contributed by atoms with Crippen LogP contribution in [-0.2, 0) is 27.8 Å². The molecular weight excluding hydrogens is 408 g/mol. The van der Waals surface area contributed by atoms with Crippen molar-refractivity contribution in [3.8, 4) is 0 Å². The average Bonchev–Trinajstić information content (AvgIpc) is 3.49. The van der Waals surface area contributed by atoms with Gasteiger partial charge in [0, 0.05) is 6.54 Å². The number of piperidine rings is 1. The van der Waals surface area contributed by atoms with Gasteiger partial charge < -0.3 is 0 Å². The van der Waals surface area contributed by atoms with E-state index in [1.165, 1.54) is 36.8 Å². The molecule has 1 amide bonds. The normalized spacial score (nSPS) is 22.2. The van der Waals surface area contributed by atoms with Crippen LogP contribution in [0.5, 0.6) is 0 Å². The van der Waals surface area contributed by atoms with Gasteiger partial charge in [0.1, 0.15) is 0 Å². The van der Waals surface area contributed by atoms with Gasteiger partial charge in [-0.25, -0.2) is 8.42 Å². The van der Waals surface area contributed by atoms with E-state index in [0.29, 0.717) is 0 Å². The molecule has 5 nitrogen and oxygen atoms in total. The zero-order valence-corrected chi connectivity index (χ0v) is 19.0. The number of hydrogen-bond donors (Lipinski definition) is 1. The van der Waals surface area contributed by atoms with Gasteiger partial charge in [0.2, 0.25) is 15.9 Å². The van der Waals surface area contributed by atoms with Crippen LogP contribution in [0, 0.1) is 11.8 Å². The largest absolute Gasteiger partial charge is 0.299 e. The molecule has 1 saturated carbocycles. The van der Waals surface area contributed by atoms with Crippen molar-refractivity contribution in [2.24, 2.45) is 11.8 Å². The SMILES string of the molecule is CS(=O)(=O)NC(=O)Cc1ccc(CN2CCC(C[C@@H]3C[C@H]3c3ccccc3)CC2)cc1. The third kappa shape index (κ3) is 6.65. The van der Waals surface area contributed by atoms with Crippen molar-refractivity contribution >= 4 is 15.9 Å². The molecule has 4 rings (SSSR count). The summed E-state index contributed by atoms with van der Waals surface area (Å²) >= 11 is 0. The Hall–Kier alpha value is -2.18. The lowest BCUT2D eigenvalue weighted by atomic mass is 9.90. The molecule has 0 radical (unpaired) electrons. The monoisotopic (exact) mass is 440 g/mol. The second kappa shape index (κ2) is 9.53. The molecule has 1 saturated heterocycles. The number of carbonyl (C=O) groups excluding carboxylic acids is 1. The van der Waals surface area contributed by atoms with E-state index < -0.39 is 15.9 Å². The van der Waals surface area contributed by atoms with E-state index in [1.807, 2.05) is 29.0 Å². The van der Waals surface area contributed by atoms with E-state index in [0.717, 1.165) is 49.2 Å². The summed E-state index contributed by atoms with van der Waals surface area (Å²) in [6.07, 6.45) is 6.35. The number of amides is 1. The van der Waals surface area contributed by atoms with Crippen molar-refractivity contribution in [1.82, 2.24) is 9.62 Å². The van der Waals surface area contributed by atoms with E-state index in [2.05, 4.69) is 35.2 Å². The van der Waals surface area contributed by atoms with Gasteiger partial charge in [0.15, 0.2) is 0 Å². The van der Waals surface area contributed by atoms with Crippen molar-refractivity contribution in [3.63, 3.8) is 0 Å². The molecule has 0 unspecified atom stereocenters. The molecule has 0 bridgehead atoms. The van der Waals surface area contributed by atoms with Crippen LogP contribution in [0.15, 0.2) is 54.6 Å². The number of sulfonamides is 1. The maximum atomic E-state index is 11.7. The molecule has 1 aliphatic heterocycles. The van der Waals surface area contributed by atoms with Gasteiger partial charge in [0.05, 0.1) is 12.7 Å². The number of rotatable bonds is 8. The smallest absolute Gasteiger partial charge is 0.237 e. The molecule has 2 aliphatic rings. The van der Waals surface area contributed by atoms with Crippen molar-refractivity contribution in [3.05, 3.63) is 71.3 Å². The van der Waals surface area contributed by atoms with Gasteiger partial charge >= 0.3 is 0 Å². The lowest BCUT2D eigenvalue weighted by Crippen LogP contribution is -2.33. The van der Waals surface area contributed by atoms with E-state index in [4.69, 9.17) is 0 Å². The first-order valence-corrected chi connectivity index (χ1v) is 13.1. The first kappa shape index (κ1) is 22.0. The number of likely N-dealkylation sites (tertiary alicyclic amines) is 1. The van der Waals surface area contributed by atoms with Gasteiger partial charge in [0.25, 0.3) is 0 Å². The molecule has 2 atom stereocenters. The second-order valence-corrected chi connectivity index (χ2v) is 11.0. The van der Waals surface area contributed by atoms with Crippen LogP contribution in [0.3, 0.4) is 0 Å². The molecule has 0 spiro atoms. The highest BCUT2D eigenvalue weighted by molar-refractivity contribution is 7.89. The Kier molecular flexibility index (Phi) is 6.77. The molecule has 2 aromatic carbocycles. The third-order valence-corrected chi connectivity index (χ3v) is 7.19. The van der Waals surface area contributed by atoms with Crippen LogP contribution in [0.2, 0.25) is 0 Å². The van der Waals surface area contributed by atoms with Crippen LogP contribution in [-0.4, -0.2) is 38.6 Å². The summed E-state index contributed by atoms with van der Waals surface area (Å²) in [6, 6.07) is 18.9. The Balaban J connectivity index is 1.18. The number of nitrogens with one attached hydrogen (secondary N) is 1. The molecule has 166 valence electrons. The Morgan fingerprint density at radius 2 is 1.65 bits per heavy atom. The molecule has 0 aromatic heterocycles. The van der Waals surface area contributed by atoms with Crippen molar-refractivity contribution in [2.45, 2.75) is 44.6 Å². The highest BCUT2D eigenvalue weighted by Crippen LogP contribution is 2.51. The van der Waals surface area contributed by atoms with Crippen LogP contribution in [0.1, 0.15) is 48.3 Å². The first-order valence-electron chi connectivity index (χ1n) is 11.2. The quantitative estimate of drug-likeness (QED) is 0.680. The number of carbonyl (C=O) groups is 1. The van der Waals surface area contributed by atoms with Crippen LogP contribution < -0.4 is 4.72 Å². The molecule has 1 heterocycles. The Bertz CT molecular complexity index is 981. The molecule has 1 aliphatic carbocycles. The van der Waals surface area contributed by atoms with Crippen LogP contribution >= 0.6 is 0 Å². The summed E-state index contributed by atoms with van der Waals surface area (Å²) in [5.74, 6) is 2.02. The van der Waals surface area contributed by atoms with Crippen molar-refractivity contribution in [2.75, 3.05) is 19.3 Å². The lowest BCUT2D eigenvalue weighted by molar-refractivity contribution is -0.118. The maximum absolute atomic E-state index is 11.7. The van der Waals surface area contributed by atoms with Crippen LogP contribution in [0.25, 0.3) is 0 Å². The van der Waals surface area contributed by atoms with E-state index >= 15 is 0 Å². The van der Waals surface area contributed by atoms with Crippen molar-refractivity contribution in [1.29, 1.82) is 0 Å². The molecular formula is C25H32N2O3S. The minimum Gasteiger partial charge on any atom is -0.299 e. The summed E-state index contributed by atoms with van der Waals surface area (Å²) in [7, 11) is -3.50. The third-order valence-electron chi connectivity index (χ3n) is 6.59. The van der Waals surface area contributed by atoms with E-state index in [-0.39, 0.29) is 6.42 Å². The minimum absolute atomic E-state index is 0.0733. The Morgan fingerprint density at radius 3 is 2.29 bits per heavy atom. The number of hydrogen-bond acceptors (Lipinski definition) is 4. The van der Waals surface area contributed by atoms with Crippen LogP contribution in [0.4, 0.5) is 0 Å². The second-order valence-electron chi connectivity index (χ2n) is 9.26. The van der Waals surface area contributed by atoms with Gasteiger partial charge in [-0.05, 0) is 73.2 Å². The van der Waals surface area contributed by atoms with Gasteiger partial charge in [-0.2, -0.15) is 0 Å². The fourth-order valence-corrected chi connectivity index (χ4v) is 5.36. The zero-order chi connectivity index (χ0) is 21.8.